The highest BCUT2D eigenvalue weighted by Gasteiger charge is 2.13. The predicted octanol–water partition coefficient (Wildman–Crippen LogP) is 5.13. The van der Waals surface area contributed by atoms with Crippen molar-refractivity contribution in [3.05, 3.63) is 0 Å². The van der Waals surface area contributed by atoms with E-state index < -0.39 is 0 Å². The second kappa shape index (κ2) is 7.31. The molecule has 0 nitrogen and oxygen atoms in total. The van der Waals surface area contributed by atoms with Crippen LogP contribution in [0.5, 0.6) is 0 Å². The summed E-state index contributed by atoms with van der Waals surface area (Å²) in [6.45, 7) is 14.1. The van der Waals surface area contributed by atoms with Crippen LogP contribution in [0.15, 0.2) is 0 Å². The fraction of sp³-hybridized carbons (Fsp3) is 1.00. The molecule has 0 aromatic rings. The third kappa shape index (κ3) is 7.41. The van der Waals surface area contributed by atoms with Crippen molar-refractivity contribution in [2.24, 2.45) is 23.7 Å². The van der Waals surface area contributed by atoms with Crippen molar-refractivity contribution in [3.8, 4) is 0 Å². The zero-order chi connectivity index (χ0) is 11.1. The maximum atomic E-state index is 2.42. The summed E-state index contributed by atoms with van der Waals surface area (Å²) in [6, 6.07) is 0. The SMILES string of the molecule is CC(C)CCCC(C)C(C)CC(C)C. The van der Waals surface area contributed by atoms with Crippen LogP contribution in [0.4, 0.5) is 0 Å². The van der Waals surface area contributed by atoms with Gasteiger partial charge in [0.2, 0.25) is 0 Å². The van der Waals surface area contributed by atoms with Crippen molar-refractivity contribution >= 4 is 0 Å². The van der Waals surface area contributed by atoms with E-state index >= 15 is 0 Å². The maximum Gasteiger partial charge on any atom is -0.0415 e. The van der Waals surface area contributed by atoms with Gasteiger partial charge in [0.15, 0.2) is 0 Å². The summed E-state index contributed by atoms with van der Waals surface area (Å²) in [5.74, 6) is 3.55. The minimum atomic E-state index is 0.859. The molecule has 2 unspecified atom stereocenters. The van der Waals surface area contributed by atoms with E-state index in [1.165, 1.54) is 25.7 Å². The van der Waals surface area contributed by atoms with Crippen LogP contribution < -0.4 is 0 Å². The van der Waals surface area contributed by atoms with Crippen LogP contribution in [0.2, 0.25) is 0 Å². The van der Waals surface area contributed by atoms with E-state index in [1.54, 1.807) is 0 Å². The summed E-state index contributed by atoms with van der Waals surface area (Å²) in [4.78, 5) is 0. The Morgan fingerprint density at radius 3 is 1.64 bits per heavy atom. The molecule has 0 saturated carbocycles. The lowest BCUT2D eigenvalue weighted by molar-refractivity contribution is 0.297. The Balaban J connectivity index is 3.56. The summed E-state index contributed by atoms with van der Waals surface area (Å²) in [7, 11) is 0. The number of rotatable bonds is 7. The molecular formula is C14H30. The van der Waals surface area contributed by atoms with Crippen molar-refractivity contribution in [3.63, 3.8) is 0 Å². The highest BCUT2D eigenvalue weighted by molar-refractivity contribution is 4.64. The standard InChI is InChI=1S/C14H30/c1-11(2)8-7-9-13(5)14(6)10-12(3)4/h11-14H,7-10H2,1-6H3. The van der Waals surface area contributed by atoms with Gasteiger partial charge in [-0.2, -0.15) is 0 Å². The van der Waals surface area contributed by atoms with Crippen LogP contribution in [-0.2, 0) is 0 Å². The smallest absolute Gasteiger partial charge is 0.0415 e. The van der Waals surface area contributed by atoms with E-state index in [9.17, 15) is 0 Å². The predicted molar refractivity (Wildman–Crippen MR) is 66.5 cm³/mol. The fourth-order valence-electron chi connectivity index (χ4n) is 2.11. The average molecular weight is 198 g/mol. The molecule has 0 aliphatic rings. The second-order valence-electron chi connectivity index (χ2n) is 5.91. The van der Waals surface area contributed by atoms with Crippen molar-refractivity contribution in [2.45, 2.75) is 67.2 Å². The van der Waals surface area contributed by atoms with Gasteiger partial charge in [-0.05, 0) is 30.1 Å². The van der Waals surface area contributed by atoms with E-state index in [-0.39, 0.29) is 0 Å². The average Bonchev–Trinajstić information content (AvgIpc) is 2.01. The van der Waals surface area contributed by atoms with Gasteiger partial charge in [0, 0.05) is 0 Å². The van der Waals surface area contributed by atoms with Gasteiger partial charge in [-0.15, -0.1) is 0 Å². The van der Waals surface area contributed by atoms with Crippen molar-refractivity contribution in [1.82, 2.24) is 0 Å². The molecule has 0 aromatic heterocycles. The summed E-state index contributed by atoms with van der Waals surface area (Å²) < 4.78 is 0. The van der Waals surface area contributed by atoms with Crippen LogP contribution in [0.1, 0.15) is 67.2 Å². The van der Waals surface area contributed by atoms with Gasteiger partial charge in [-0.1, -0.05) is 60.8 Å². The molecule has 0 heterocycles. The third-order valence-corrected chi connectivity index (χ3v) is 3.26. The monoisotopic (exact) mass is 198 g/mol. The Morgan fingerprint density at radius 2 is 1.21 bits per heavy atom. The highest BCUT2D eigenvalue weighted by atomic mass is 14.2. The molecular weight excluding hydrogens is 168 g/mol. The summed E-state index contributed by atoms with van der Waals surface area (Å²) >= 11 is 0. The summed E-state index contributed by atoms with van der Waals surface area (Å²) in [5, 5.41) is 0. The first kappa shape index (κ1) is 14.0. The molecule has 86 valence electrons. The third-order valence-electron chi connectivity index (χ3n) is 3.26. The molecule has 0 heteroatoms. The maximum absolute atomic E-state index is 2.42. The normalized spacial score (nSPS) is 16.3. The molecule has 0 aliphatic heterocycles. The zero-order valence-corrected chi connectivity index (χ0v) is 11.1. The molecule has 0 saturated heterocycles. The van der Waals surface area contributed by atoms with Gasteiger partial charge >= 0.3 is 0 Å². The molecule has 14 heavy (non-hydrogen) atoms. The van der Waals surface area contributed by atoms with Crippen LogP contribution in [0, 0.1) is 23.7 Å². The minimum absolute atomic E-state index is 0.859. The molecule has 0 radical (unpaired) electrons. The minimum Gasteiger partial charge on any atom is -0.0628 e. The van der Waals surface area contributed by atoms with Gasteiger partial charge in [-0.3, -0.25) is 0 Å². The Labute approximate surface area is 91.5 Å². The van der Waals surface area contributed by atoms with E-state index in [2.05, 4.69) is 41.5 Å². The summed E-state index contributed by atoms with van der Waals surface area (Å²) in [5.41, 5.74) is 0. The first-order valence-corrected chi connectivity index (χ1v) is 6.43. The topological polar surface area (TPSA) is 0 Å². The van der Waals surface area contributed by atoms with Crippen LogP contribution in [-0.4, -0.2) is 0 Å². The molecule has 0 bridgehead atoms. The van der Waals surface area contributed by atoms with Crippen molar-refractivity contribution < 1.29 is 0 Å². The number of hydrogen-bond acceptors (Lipinski definition) is 0. The Hall–Kier alpha value is 0. The quantitative estimate of drug-likeness (QED) is 0.532. The van der Waals surface area contributed by atoms with Crippen LogP contribution in [0.25, 0.3) is 0 Å². The van der Waals surface area contributed by atoms with Gasteiger partial charge in [0.05, 0.1) is 0 Å². The largest absolute Gasteiger partial charge is 0.0628 e. The van der Waals surface area contributed by atoms with Gasteiger partial charge in [0.1, 0.15) is 0 Å². The van der Waals surface area contributed by atoms with Crippen molar-refractivity contribution in [2.75, 3.05) is 0 Å². The van der Waals surface area contributed by atoms with Gasteiger partial charge in [-0.25, -0.2) is 0 Å². The molecule has 0 aliphatic carbocycles. The van der Waals surface area contributed by atoms with Gasteiger partial charge < -0.3 is 0 Å². The second-order valence-corrected chi connectivity index (χ2v) is 5.91. The lowest BCUT2D eigenvalue weighted by atomic mass is 9.84. The number of hydrogen-bond donors (Lipinski definition) is 0. The summed E-state index contributed by atoms with van der Waals surface area (Å²) in [6.07, 6.45) is 5.63. The first-order chi connectivity index (χ1) is 6.43. The Morgan fingerprint density at radius 1 is 0.643 bits per heavy atom. The van der Waals surface area contributed by atoms with E-state index in [1.807, 2.05) is 0 Å². The molecule has 0 amide bonds. The zero-order valence-electron chi connectivity index (χ0n) is 11.1. The van der Waals surface area contributed by atoms with Crippen LogP contribution in [0.3, 0.4) is 0 Å². The molecule has 0 spiro atoms. The lowest BCUT2D eigenvalue weighted by Crippen LogP contribution is -2.11. The Bertz CT molecular complexity index is 124. The molecule has 0 N–H and O–H groups in total. The molecule has 0 aromatic carbocycles. The van der Waals surface area contributed by atoms with Crippen LogP contribution >= 0.6 is 0 Å². The van der Waals surface area contributed by atoms with E-state index in [0.717, 1.165) is 23.7 Å². The molecule has 0 fully saturated rings. The molecule has 0 rings (SSSR count). The lowest BCUT2D eigenvalue weighted by Gasteiger charge is -2.21. The highest BCUT2D eigenvalue weighted by Crippen LogP contribution is 2.24. The molecule has 2 atom stereocenters. The first-order valence-electron chi connectivity index (χ1n) is 6.43. The van der Waals surface area contributed by atoms with E-state index in [4.69, 9.17) is 0 Å². The Kier molecular flexibility index (Phi) is 7.31. The van der Waals surface area contributed by atoms with E-state index in [0.29, 0.717) is 0 Å². The van der Waals surface area contributed by atoms with Gasteiger partial charge in [0.25, 0.3) is 0 Å². The fourth-order valence-corrected chi connectivity index (χ4v) is 2.11. The van der Waals surface area contributed by atoms with Crippen molar-refractivity contribution in [1.29, 1.82) is 0 Å².